The molecule has 0 aromatic carbocycles. The highest BCUT2D eigenvalue weighted by Crippen LogP contribution is 2.34. The first-order valence-corrected chi connectivity index (χ1v) is 8.30. The van der Waals surface area contributed by atoms with E-state index in [-0.39, 0.29) is 0 Å². The molecule has 1 atom stereocenters. The quantitative estimate of drug-likeness (QED) is 0.868. The van der Waals surface area contributed by atoms with Gasteiger partial charge in [-0.25, -0.2) is 9.97 Å². The zero-order chi connectivity index (χ0) is 14.8. The molecule has 1 aliphatic heterocycles. The van der Waals surface area contributed by atoms with Gasteiger partial charge in [0.15, 0.2) is 0 Å². The Morgan fingerprint density at radius 2 is 2.29 bits per heavy atom. The van der Waals surface area contributed by atoms with E-state index in [9.17, 15) is 0 Å². The van der Waals surface area contributed by atoms with Crippen molar-refractivity contribution in [3.8, 4) is 0 Å². The Morgan fingerprint density at radius 1 is 1.43 bits per heavy atom. The molecule has 1 unspecified atom stereocenters. The Kier molecular flexibility index (Phi) is 4.22. The average molecular weight is 302 g/mol. The van der Waals surface area contributed by atoms with Gasteiger partial charge < -0.3 is 4.90 Å². The van der Waals surface area contributed by atoms with Crippen LogP contribution in [0.15, 0.2) is 23.7 Å². The molecular weight excluding hydrogens is 280 g/mol. The smallest absolute Gasteiger partial charge is 0.128 e. The third kappa shape index (κ3) is 3.24. The zero-order valence-corrected chi connectivity index (χ0v) is 13.7. The lowest BCUT2D eigenvalue weighted by molar-refractivity contribution is 0.246. The van der Waals surface area contributed by atoms with E-state index in [2.05, 4.69) is 44.2 Å². The van der Waals surface area contributed by atoms with Gasteiger partial charge in [0.2, 0.25) is 0 Å². The molecule has 2 aromatic rings. The van der Waals surface area contributed by atoms with Crippen LogP contribution < -0.4 is 4.90 Å². The number of likely N-dealkylation sites (tertiary alicyclic amines) is 1. The minimum Gasteiger partial charge on any atom is -0.363 e. The topological polar surface area (TPSA) is 32.3 Å². The Labute approximate surface area is 130 Å². The van der Waals surface area contributed by atoms with Crippen LogP contribution in [-0.4, -0.2) is 35.5 Å². The summed E-state index contributed by atoms with van der Waals surface area (Å²) in [6.45, 7) is 4.18. The molecular formula is C16H22N4S. The monoisotopic (exact) mass is 302 g/mol. The number of pyridine rings is 1. The van der Waals surface area contributed by atoms with Crippen LogP contribution in [-0.2, 0) is 6.54 Å². The first-order valence-electron chi connectivity index (χ1n) is 7.42. The summed E-state index contributed by atoms with van der Waals surface area (Å²) in [5.41, 5.74) is 2.57. The Morgan fingerprint density at radius 3 is 3.00 bits per heavy atom. The third-order valence-corrected chi connectivity index (χ3v) is 4.83. The van der Waals surface area contributed by atoms with Crippen LogP contribution in [0.4, 0.5) is 5.82 Å². The summed E-state index contributed by atoms with van der Waals surface area (Å²) in [6.07, 6.45) is 4.40. The maximum absolute atomic E-state index is 4.60. The van der Waals surface area contributed by atoms with Crippen LogP contribution >= 0.6 is 11.3 Å². The second-order valence-electron chi connectivity index (χ2n) is 5.83. The summed E-state index contributed by atoms with van der Waals surface area (Å²) in [5, 5.41) is 3.34. The number of rotatable bonds is 4. The fraction of sp³-hybridized carbons (Fsp3) is 0.500. The molecule has 4 nitrogen and oxygen atoms in total. The van der Waals surface area contributed by atoms with Gasteiger partial charge in [0.05, 0.1) is 10.7 Å². The van der Waals surface area contributed by atoms with Gasteiger partial charge in [0.25, 0.3) is 0 Å². The molecule has 21 heavy (non-hydrogen) atoms. The standard InChI is InChI=1S/C16H22N4S/c1-12-18-14(11-21-12)10-20-8-4-5-15(20)13-6-7-17-16(9-13)19(2)3/h6-7,9,11,15H,4-5,8,10H2,1-3H3. The fourth-order valence-electron chi connectivity index (χ4n) is 2.97. The van der Waals surface area contributed by atoms with Crippen molar-refractivity contribution >= 4 is 17.2 Å². The Bertz CT molecular complexity index is 608. The highest BCUT2D eigenvalue weighted by atomic mass is 32.1. The highest BCUT2D eigenvalue weighted by Gasteiger charge is 2.26. The molecule has 0 bridgehead atoms. The van der Waals surface area contributed by atoms with Gasteiger partial charge in [-0.3, -0.25) is 4.90 Å². The van der Waals surface area contributed by atoms with Crippen LogP contribution in [0.5, 0.6) is 0 Å². The van der Waals surface area contributed by atoms with Crippen LogP contribution in [0.2, 0.25) is 0 Å². The molecule has 112 valence electrons. The second kappa shape index (κ2) is 6.12. The van der Waals surface area contributed by atoms with Crippen molar-refractivity contribution in [3.05, 3.63) is 40.0 Å². The van der Waals surface area contributed by atoms with Gasteiger partial charge in [-0.05, 0) is 44.0 Å². The first-order chi connectivity index (χ1) is 10.1. The minimum atomic E-state index is 0.494. The summed E-state index contributed by atoms with van der Waals surface area (Å²) in [5.74, 6) is 1.03. The van der Waals surface area contributed by atoms with Crippen LogP contribution in [0, 0.1) is 6.92 Å². The Balaban J connectivity index is 1.78. The number of thiazole rings is 1. The predicted molar refractivity (Wildman–Crippen MR) is 87.8 cm³/mol. The van der Waals surface area contributed by atoms with Crippen molar-refractivity contribution in [1.29, 1.82) is 0 Å². The summed E-state index contributed by atoms with van der Waals surface area (Å²) >= 11 is 1.74. The van der Waals surface area contributed by atoms with E-state index in [1.807, 2.05) is 20.3 Å². The van der Waals surface area contributed by atoms with E-state index in [0.717, 1.165) is 23.9 Å². The summed E-state index contributed by atoms with van der Waals surface area (Å²) in [7, 11) is 4.08. The van der Waals surface area contributed by atoms with Gasteiger partial charge in [-0.2, -0.15) is 0 Å². The number of aromatic nitrogens is 2. The van der Waals surface area contributed by atoms with Crippen LogP contribution in [0.25, 0.3) is 0 Å². The molecule has 3 heterocycles. The van der Waals surface area contributed by atoms with E-state index in [0.29, 0.717) is 6.04 Å². The molecule has 0 saturated carbocycles. The van der Waals surface area contributed by atoms with Crippen LogP contribution in [0.1, 0.15) is 35.1 Å². The average Bonchev–Trinajstić information content (AvgIpc) is 3.09. The van der Waals surface area contributed by atoms with Gasteiger partial charge in [-0.1, -0.05) is 0 Å². The van der Waals surface area contributed by atoms with E-state index in [4.69, 9.17) is 0 Å². The Hall–Kier alpha value is -1.46. The summed E-state index contributed by atoms with van der Waals surface area (Å²) < 4.78 is 0. The van der Waals surface area contributed by atoms with E-state index in [1.54, 1.807) is 11.3 Å². The maximum atomic E-state index is 4.60. The predicted octanol–water partition coefficient (Wildman–Crippen LogP) is 3.25. The summed E-state index contributed by atoms with van der Waals surface area (Å²) in [4.78, 5) is 13.6. The number of anilines is 1. The van der Waals surface area contributed by atoms with Gasteiger partial charge in [-0.15, -0.1) is 11.3 Å². The lowest BCUT2D eigenvalue weighted by atomic mass is 10.1. The van der Waals surface area contributed by atoms with Crippen molar-refractivity contribution in [2.75, 3.05) is 25.5 Å². The van der Waals surface area contributed by atoms with E-state index >= 15 is 0 Å². The summed E-state index contributed by atoms with van der Waals surface area (Å²) in [6, 6.07) is 4.87. The minimum absolute atomic E-state index is 0.494. The number of aryl methyl sites for hydroxylation is 1. The number of hydrogen-bond acceptors (Lipinski definition) is 5. The molecule has 0 spiro atoms. The second-order valence-corrected chi connectivity index (χ2v) is 6.89. The third-order valence-electron chi connectivity index (χ3n) is 4.01. The zero-order valence-electron chi connectivity index (χ0n) is 12.9. The number of nitrogens with zero attached hydrogens (tertiary/aromatic N) is 4. The highest BCUT2D eigenvalue weighted by molar-refractivity contribution is 7.09. The van der Waals surface area contributed by atoms with Crippen molar-refractivity contribution in [2.24, 2.45) is 0 Å². The van der Waals surface area contributed by atoms with Gasteiger partial charge in [0, 0.05) is 38.3 Å². The molecule has 1 saturated heterocycles. The maximum Gasteiger partial charge on any atom is 0.128 e. The first kappa shape index (κ1) is 14.5. The lowest BCUT2D eigenvalue weighted by Crippen LogP contribution is -2.23. The lowest BCUT2D eigenvalue weighted by Gasteiger charge is -2.24. The normalized spacial score (nSPS) is 19.1. The molecule has 0 aliphatic carbocycles. The van der Waals surface area contributed by atoms with Crippen molar-refractivity contribution in [2.45, 2.75) is 32.4 Å². The van der Waals surface area contributed by atoms with Gasteiger partial charge in [0.1, 0.15) is 5.82 Å². The van der Waals surface area contributed by atoms with Gasteiger partial charge >= 0.3 is 0 Å². The molecule has 0 amide bonds. The van der Waals surface area contributed by atoms with Crippen molar-refractivity contribution < 1.29 is 0 Å². The molecule has 0 radical (unpaired) electrons. The molecule has 3 rings (SSSR count). The molecule has 0 N–H and O–H groups in total. The number of hydrogen-bond donors (Lipinski definition) is 0. The molecule has 5 heteroatoms. The fourth-order valence-corrected chi connectivity index (χ4v) is 3.57. The molecule has 1 fully saturated rings. The van der Waals surface area contributed by atoms with Crippen molar-refractivity contribution in [1.82, 2.24) is 14.9 Å². The molecule has 2 aromatic heterocycles. The van der Waals surface area contributed by atoms with Crippen molar-refractivity contribution in [3.63, 3.8) is 0 Å². The van der Waals surface area contributed by atoms with Crippen LogP contribution in [0.3, 0.4) is 0 Å². The largest absolute Gasteiger partial charge is 0.363 e. The van der Waals surface area contributed by atoms with E-state index < -0.39 is 0 Å². The van der Waals surface area contributed by atoms with E-state index in [1.165, 1.54) is 24.1 Å². The molecule has 1 aliphatic rings. The SMILES string of the molecule is Cc1nc(CN2CCCC2c2ccnc(N(C)C)c2)cs1.